The van der Waals surface area contributed by atoms with Crippen LogP contribution in [0.2, 0.25) is 0 Å². The Labute approximate surface area is 187 Å². The van der Waals surface area contributed by atoms with E-state index in [1.54, 1.807) is 6.92 Å². The normalized spacial score (nSPS) is 10.6. The van der Waals surface area contributed by atoms with Gasteiger partial charge in [-0.15, -0.1) is 11.3 Å². The maximum Gasteiger partial charge on any atom is 0.341 e. The van der Waals surface area contributed by atoms with Crippen LogP contribution >= 0.6 is 11.3 Å². The van der Waals surface area contributed by atoms with Crippen molar-refractivity contribution in [2.75, 3.05) is 18.5 Å². The van der Waals surface area contributed by atoms with Crippen molar-refractivity contribution in [2.45, 2.75) is 34.6 Å². The second kappa shape index (κ2) is 9.79. The highest BCUT2D eigenvalue weighted by Crippen LogP contribution is 2.37. The number of benzene rings is 2. The number of ether oxygens (including phenoxy) is 2. The Morgan fingerprint density at radius 3 is 2.32 bits per heavy atom. The van der Waals surface area contributed by atoms with Gasteiger partial charge in [0, 0.05) is 10.9 Å². The van der Waals surface area contributed by atoms with Gasteiger partial charge in [-0.3, -0.25) is 4.79 Å². The van der Waals surface area contributed by atoms with Gasteiger partial charge in [-0.1, -0.05) is 36.4 Å². The molecule has 3 aromatic rings. The maximum absolute atomic E-state index is 12.7. The first-order chi connectivity index (χ1) is 14.8. The Hall–Kier alpha value is -3.12. The lowest BCUT2D eigenvalue weighted by Crippen LogP contribution is -2.21. The molecule has 6 heteroatoms. The van der Waals surface area contributed by atoms with Gasteiger partial charge in [-0.25, -0.2) is 4.79 Å². The average molecular weight is 438 g/mol. The highest BCUT2D eigenvalue weighted by atomic mass is 32.1. The van der Waals surface area contributed by atoms with Gasteiger partial charge >= 0.3 is 5.97 Å². The van der Waals surface area contributed by atoms with Crippen molar-refractivity contribution in [3.05, 3.63) is 69.6 Å². The molecule has 0 bridgehead atoms. The van der Waals surface area contributed by atoms with Gasteiger partial charge in [0.05, 0.1) is 6.61 Å². The number of amides is 1. The minimum atomic E-state index is -0.456. The van der Waals surface area contributed by atoms with E-state index in [2.05, 4.69) is 5.32 Å². The van der Waals surface area contributed by atoms with Crippen LogP contribution < -0.4 is 10.1 Å². The fourth-order valence-corrected chi connectivity index (χ4v) is 4.28. The van der Waals surface area contributed by atoms with Crippen LogP contribution in [0.1, 0.15) is 39.5 Å². The van der Waals surface area contributed by atoms with Crippen LogP contribution in [0, 0.1) is 27.7 Å². The van der Waals surface area contributed by atoms with Crippen molar-refractivity contribution in [1.82, 2.24) is 0 Å². The molecule has 0 atom stereocenters. The van der Waals surface area contributed by atoms with Gasteiger partial charge in [0.15, 0.2) is 6.61 Å². The number of hydrogen-bond acceptors (Lipinski definition) is 5. The predicted molar refractivity (Wildman–Crippen MR) is 125 cm³/mol. The van der Waals surface area contributed by atoms with E-state index in [0.717, 1.165) is 27.8 Å². The highest BCUT2D eigenvalue weighted by molar-refractivity contribution is 7.15. The molecule has 0 spiro atoms. The molecule has 1 aromatic heterocycles. The minimum Gasteiger partial charge on any atom is -0.483 e. The fourth-order valence-electron chi connectivity index (χ4n) is 3.30. The molecule has 162 valence electrons. The van der Waals surface area contributed by atoms with Gasteiger partial charge in [0.1, 0.15) is 16.3 Å². The van der Waals surface area contributed by atoms with Crippen molar-refractivity contribution in [2.24, 2.45) is 0 Å². The first kappa shape index (κ1) is 22.6. The molecule has 0 fully saturated rings. The van der Waals surface area contributed by atoms with Crippen LogP contribution in [0.25, 0.3) is 11.1 Å². The third-order valence-corrected chi connectivity index (χ3v) is 5.99. The summed E-state index contributed by atoms with van der Waals surface area (Å²) in [5, 5.41) is 5.16. The highest BCUT2D eigenvalue weighted by Gasteiger charge is 2.23. The largest absolute Gasteiger partial charge is 0.483 e. The van der Waals surface area contributed by atoms with Gasteiger partial charge in [0.2, 0.25) is 0 Å². The van der Waals surface area contributed by atoms with E-state index in [9.17, 15) is 9.59 Å². The first-order valence-electron chi connectivity index (χ1n) is 10.2. The Balaban J connectivity index is 1.85. The molecule has 0 radical (unpaired) electrons. The molecule has 2 aromatic carbocycles. The number of hydrogen-bond donors (Lipinski definition) is 1. The molecule has 0 saturated carbocycles. The van der Waals surface area contributed by atoms with Gasteiger partial charge in [-0.05, 0) is 62.4 Å². The average Bonchev–Trinajstić information content (AvgIpc) is 3.13. The number of esters is 1. The minimum absolute atomic E-state index is 0.148. The summed E-state index contributed by atoms with van der Waals surface area (Å²) in [5.74, 6) is -0.0881. The summed E-state index contributed by atoms with van der Waals surface area (Å²) < 4.78 is 11.0. The second-order valence-corrected chi connectivity index (χ2v) is 8.31. The third kappa shape index (κ3) is 5.14. The Morgan fingerprint density at radius 2 is 1.68 bits per heavy atom. The van der Waals surface area contributed by atoms with Crippen molar-refractivity contribution < 1.29 is 19.1 Å². The summed E-state index contributed by atoms with van der Waals surface area (Å²) in [6.07, 6.45) is 0. The zero-order chi connectivity index (χ0) is 22.5. The standard InChI is InChI=1S/C25H27NO4S/c1-6-29-25(28)22-20(19-11-10-15(2)18(5)12-19)14-31-24(22)26-21(27)13-30-23-16(3)8-7-9-17(23)4/h7-12,14H,6,13H2,1-5H3,(H,26,27). The van der Waals surface area contributed by atoms with Crippen LogP contribution in [0.3, 0.4) is 0 Å². The number of rotatable bonds is 7. The van der Waals surface area contributed by atoms with Crippen molar-refractivity contribution in [3.63, 3.8) is 0 Å². The second-order valence-electron chi connectivity index (χ2n) is 7.43. The maximum atomic E-state index is 12.7. The number of thiophene rings is 1. The lowest BCUT2D eigenvalue weighted by atomic mass is 9.99. The smallest absolute Gasteiger partial charge is 0.341 e. The molecule has 31 heavy (non-hydrogen) atoms. The Morgan fingerprint density at radius 1 is 0.968 bits per heavy atom. The number of anilines is 1. The third-order valence-electron chi connectivity index (χ3n) is 5.10. The van der Waals surface area contributed by atoms with Crippen LogP contribution in [0.5, 0.6) is 5.75 Å². The molecule has 0 saturated heterocycles. The van der Waals surface area contributed by atoms with E-state index in [1.807, 2.05) is 69.5 Å². The molecule has 1 amide bonds. The molecule has 5 nitrogen and oxygen atoms in total. The summed E-state index contributed by atoms with van der Waals surface area (Å²) in [5.41, 5.74) is 6.27. The number of para-hydroxylation sites is 1. The van der Waals surface area contributed by atoms with Crippen LogP contribution in [0.4, 0.5) is 5.00 Å². The van der Waals surface area contributed by atoms with Gasteiger partial charge < -0.3 is 14.8 Å². The summed E-state index contributed by atoms with van der Waals surface area (Å²) in [6, 6.07) is 11.9. The Bertz CT molecular complexity index is 1100. The summed E-state index contributed by atoms with van der Waals surface area (Å²) in [7, 11) is 0. The molecule has 0 aliphatic rings. The predicted octanol–water partition coefficient (Wildman–Crippen LogP) is 5.84. The first-order valence-corrected chi connectivity index (χ1v) is 11.0. The zero-order valence-corrected chi connectivity index (χ0v) is 19.3. The summed E-state index contributed by atoms with van der Waals surface area (Å²) >= 11 is 1.30. The summed E-state index contributed by atoms with van der Waals surface area (Å²) in [6.45, 7) is 9.82. The molecule has 0 aliphatic carbocycles. The van der Waals surface area contributed by atoms with Gasteiger partial charge in [0.25, 0.3) is 5.91 Å². The molecule has 0 aliphatic heterocycles. The number of carbonyl (C=O) groups is 2. The van der Waals surface area contributed by atoms with E-state index in [-0.39, 0.29) is 19.1 Å². The van der Waals surface area contributed by atoms with Crippen molar-refractivity contribution in [3.8, 4) is 16.9 Å². The van der Waals surface area contributed by atoms with Crippen molar-refractivity contribution >= 4 is 28.2 Å². The number of aryl methyl sites for hydroxylation is 4. The monoisotopic (exact) mass is 437 g/mol. The SMILES string of the molecule is CCOC(=O)c1c(-c2ccc(C)c(C)c2)csc1NC(=O)COc1c(C)cccc1C. The number of carbonyl (C=O) groups excluding carboxylic acids is 2. The Kier molecular flexibility index (Phi) is 7.13. The van der Waals surface area contributed by atoms with E-state index in [0.29, 0.717) is 16.3 Å². The fraction of sp³-hybridized carbons (Fsp3) is 0.280. The molecule has 1 N–H and O–H groups in total. The molecular formula is C25H27NO4S. The van der Waals surface area contributed by atoms with Crippen LogP contribution in [-0.4, -0.2) is 25.1 Å². The van der Waals surface area contributed by atoms with E-state index in [1.165, 1.54) is 16.9 Å². The zero-order valence-electron chi connectivity index (χ0n) is 18.5. The lowest BCUT2D eigenvalue weighted by molar-refractivity contribution is -0.118. The van der Waals surface area contributed by atoms with E-state index < -0.39 is 5.97 Å². The van der Waals surface area contributed by atoms with Gasteiger partial charge in [-0.2, -0.15) is 0 Å². The van der Waals surface area contributed by atoms with E-state index in [4.69, 9.17) is 9.47 Å². The number of nitrogens with one attached hydrogen (secondary N) is 1. The molecule has 0 unspecified atom stereocenters. The quantitative estimate of drug-likeness (QED) is 0.472. The van der Waals surface area contributed by atoms with Crippen LogP contribution in [-0.2, 0) is 9.53 Å². The molecule has 3 rings (SSSR count). The van der Waals surface area contributed by atoms with Crippen molar-refractivity contribution in [1.29, 1.82) is 0 Å². The molecular weight excluding hydrogens is 410 g/mol. The topological polar surface area (TPSA) is 64.6 Å². The molecule has 1 heterocycles. The van der Waals surface area contributed by atoms with Crippen LogP contribution in [0.15, 0.2) is 41.8 Å². The van der Waals surface area contributed by atoms with E-state index >= 15 is 0 Å². The lowest BCUT2D eigenvalue weighted by Gasteiger charge is -2.12. The summed E-state index contributed by atoms with van der Waals surface area (Å²) in [4.78, 5) is 25.3.